The first kappa shape index (κ1) is 56.6. The van der Waals surface area contributed by atoms with Crippen molar-refractivity contribution in [2.75, 3.05) is 49.1 Å². The predicted octanol–water partition coefficient (Wildman–Crippen LogP) is 10.5. The molecule has 1 radical (unpaired) electrons. The van der Waals surface area contributed by atoms with Crippen molar-refractivity contribution < 1.29 is 73.1 Å². The molecule has 21 heteroatoms. The Kier molecular flexibility index (Phi) is 26.3. The van der Waals surface area contributed by atoms with E-state index < -0.39 is 14.5 Å². The van der Waals surface area contributed by atoms with E-state index in [0.29, 0.717) is 25.2 Å². The second-order valence-corrected chi connectivity index (χ2v) is 13.6. The van der Waals surface area contributed by atoms with Crippen LogP contribution in [0.1, 0.15) is 52.9 Å². The minimum Gasteiger partial charge on any atom is -0.452 e. The summed E-state index contributed by atoms with van der Waals surface area (Å²) in [5.41, 5.74) is 6.12. The van der Waals surface area contributed by atoms with E-state index in [1.54, 1.807) is 12.1 Å². The van der Waals surface area contributed by atoms with Crippen molar-refractivity contribution in [1.29, 1.82) is 10.5 Å². The summed E-state index contributed by atoms with van der Waals surface area (Å²) in [7, 11) is -12.0. The molecule has 6 rings (SSSR count). The van der Waals surface area contributed by atoms with Gasteiger partial charge in [-0.1, -0.05) is 36.4 Å². The quantitative estimate of drug-likeness (QED) is 0.111. The Balaban J connectivity index is 0.00000173. The van der Waals surface area contributed by atoms with Gasteiger partial charge in [-0.3, -0.25) is 19.8 Å². The summed E-state index contributed by atoms with van der Waals surface area (Å²) in [6, 6.07) is 29.8. The molecule has 4 heterocycles. The third-order valence-corrected chi connectivity index (χ3v) is 8.77. The van der Waals surface area contributed by atoms with Gasteiger partial charge in [-0.05, 0) is 64.1 Å². The number of hydrogen-bond acceptors (Lipinski definition) is 9. The van der Waals surface area contributed by atoms with Crippen LogP contribution >= 0.6 is 0 Å². The number of furan rings is 1. The first-order chi connectivity index (χ1) is 27.8. The number of fused-ring (bicyclic) bond motifs is 3. The van der Waals surface area contributed by atoms with E-state index in [4.69, 9.17) is 14.9 Å². The van der Waals surface area contributed by atoms with Crippen molar-refractivity contribution >= 4 is 47.8 Å². The van der Waals surface area contributed by atoms with Crippen LogP contribution in [-0.4, -0.2) is 85.6 Å². The summed E-state index contributed by atoms with van der Waals surface area (Å²) in [5.74, 6) is 0. The minimum absolute atomic E-state index is 0. The van der Waals surface area contributed by atoms with Crippen molar-refractivity contribution in [1.82, 2.24) is 19.8 Å². The standard InChI is InChI=1S/C36H44N6O.2C2H3N.2BF4.2Cu/c1-27(2)39-19-20-40(28(3)4)22-24-41(23-21-39)33-15-9-13-31-32-14-10-16-34(36(32)43-35(31)33)42(25-29-11-5-7-17-37-29)26-30-12-6-8-18-38-30;2*1-2-3;2*2-1(3,4)5;;/h5-18,27-28H,19-26H2,1-4H3;2*1H3;;;;/q;;;2*-1;+1;+2. The number of benzene rings is 2. The molecule has 61 heavy (non-hydrogen) atoms. The molecule has 1 saturated heterocycles. The Bertz CT molecular complexity index is 1960. The molecule has 0 aliphatic carbocycles. The zero-order chi connectivity index (χ0) is 44.2. The van der Waals surface area contributed by atoms with Gasteiger partial charge in [-0.25, -0.2) is 0 Å². The maximum atomic E-state index is 9.75. The molecule has 1 aliphatic rings. The van der Waals surface area contributed by atoms with Crippen LogP contribution in [0.25, 0.3) is 21.9 Å². The molecule has 5 aromatic rings. The number of para-hydroxylation sites is 2. The number of nitrogens with zero attached hydrogens (tertiary/aromatic N) is 8. The van der Waals surface area contributed by atoms with E-state index in [0.717, 1.165) is 78.3 Å². The molecule has 0 N–H and O–H groups in total. The van der Waals surface area contributed by atoms with Gasteiger partial charge in [0.05, 0.1) is 48.0 Å². The van der Waals surface area contributed by atoms with Gasteiger partial charge in [0.25, 0.3) is 0 Å². The van der Waals surface area contributed by atoms with E-state index >= 15 is 0 Å². The molecule has 0 saturated carbocycles. The second kappa shape index (κ2) is 28.3. The Morgan fingerprint density at radius 3 is 1.38 bits per heavy atom. The van der Waals surface area contributed by atoms with Crippen LogP contribution in [0, 0.1) is 22.7 Å². The van der Waals surface area contributed by atoms with Crippen LogP contribution in [0.4, 0.5) is 45.9 Å². The first-order valence-electron chi connectivity index (χ1n) is 18.9. The molecule has 1 fully saturated rings. The average Bonchev–Trinajstić information content (AvgIpc) is 3.58. The number of halogens is 8. The second-order valence-electron chi connectivity index (χ2n) is 13.6. The molecule has 0 amide bonds. The maximum Gasteiger partial charge on any atom is 2.00 e. The van der Waals surface area contributed by atoms with Gasteiger partial charge in [0.2, 0.25) is 0 Å². The van der Waals surface area contributed by atoms with Gasteiger partial charge in [-0.15, -0.1) is 0 Å². The predicted molar refractivity (Wildman–Crippen MR) is 221 cm³/mol. The van der Waals surface area contributed by atoms with E-state index in [1.807, 2.05) is 36.7 Å². The maximum absolute atomic E-state index is 9.75. The van der Waals surface area contributed by atoms with Crippen LogP contribution in [0.15, 0.2) is 89.6 Å². The smallest absolute Gasteiger partial charge is 0.452 e. The van der Waals surface area contributed by atoms with E-state index in [-0.39, 0.29) is 34.1 Å². The average molecular weight is 960 g/mol. The molecule has 2 aromatic carbocycles. The molecule has 0 unspecified atom stereocenters. The fraction of sp³-hybridized carbons (Fsp3) is 0.400. The molecular formula is C40H50B2Cu2F8N8O+. The largest absolute Gasteiger partial charge is 2.00 e. The number of aromatic nitrogens is 2. The minimum atomic E-state index is -6.00. The van der Waals surface area contributed by atoms with Crippen molar-refractivity contribution in [2.45, 2.75) is 66.7 Å². The first-order valence-corrected chi connectivity index (χ1v) is 18.9. The summed E-state index contributed by atoms with van der Waals surface area (Å²) in [4.78, 5) is 19.4. The number of nitriles is 2. The molecule has 0 spiro atoms. The molecule has 9 nitrogen and oxygen atoms in total. The van der Waals surface area contributed by atoms with Gasteiger partial charge in [0.15, 0.2) is 11.2 Å². The van der Waals surface area contributed by atoms with E-state index in [9.17, 15) is 34.5 Å². The Morgan fingerprint density at radius 1 is 0.623 bits per heavy atom. The fourth-order valence-corrected chi connectivity index (χ4v) is 6.25. The molecule has 1 aliphatic heterocycles. The Morgan fingerprint density at radius 2 is 1.00 bits per heavy atom. The number of anilines is 2. The summed E-state index contributed by atoms with van der Waals surface area (Å²) >= 11 is 0. The summed E-state index contributed by atoms with van der Waals surface area (Å²) in [6.45, 7) is 19.6. The van der Waals surface area contributed by atoms with Crippen molar-refractivity contribution in [3.8, 4) is 12.1 Å². The SMILES string of the molecule is CC#N.CC#N.CC(C)N1CCN(c2cccc3c2oc2c(N(Cc4ccccn4)Cc4ccccn4)cccc23)CCN(C(C)C)CC1.F[B-](F)(F)F.F[B-](F)(F)F.[Cu+2].[Cu+]. The summed E-state index contributed by atoms with van der Waals surface area (Å²) in [5, 5.41) is 16.9. The van der Waals surface area contributed by atoms with Gasteiger partial charge >= 0.3 is 48.6 Å². The number of rotatable bonds is 8. The number of pyridine rings is 2. The van der Waals surface area contributed by atoms with Crippen LogP contribution < -0.4 is 9.80 Å². The summed E-state index contributed by atoms with van der Waals surface area (Å²) < 4.78 is 84.9. The third-order valence-electron chi connectivity index (χ3n) is 8.77. The molecular weight excluding hydrogens is 909 g/mol. The zero-order valence-corrected chi connectivity index (χ0v) is 36.5. The van der Waals surface area contributed by atoms with Gasteiger partial charge in [-0.2, -0.15) is 10.5 Å². The van der Waals surface area contributed by atoms with Gasteiger partial charge in [0.1, 0.15) is 0 Å². The summed E-state index contributed by atoms with van der Waals surface area (Å²) in [6.07, 6.45) is 3.71. The van der Waals surface area contributed by atoms with Crippen LogP contribution in [0.2, 0.25) is 0 Å². The van der Waals surface area contributed by atoms with Crippen molar-refractivity contribution in [3.05, 3.63) is 96.6 Å². The molecule has 339 valence electrons. The Labute approximate surface area is 374 Å². The van der Waals surface area contributed by atoms with E-state index in [2.05, 4.69) is 106 Å². The molecule has 3 aromatic heterocycles. The van der Waals surface area contributed by atoms with Crippen molar-refractivity contribution in [2.24, 2.45) is 0 Å². The van der Waals surface area contributed by atoms with Crippen LogP contribution in [-0.2, 0) is 47.2 Å². The van der Waals surface area contributed by atoms with Gasteiger partial charge in [0, 0.05) is 88.4 Å². The topological polar surface area (TPSA) is 99.5 Å². The van der Waals surface area contributed by atoms with E-state index in [1.165, 1.54) is 19.5 Å². The number of hydrogen-bond donors (Lipinski definition) is 0. The van der Waals surface area contributed by atoms with Crippen molar-refractivity contribution in [3.63, 3.8) is 0 Å². The fourth-order valence-electron chi connectivity index (χ4n) is 6.25. The monoisotopic (exact) mass is 958 g/mol. The zero-order valence-electron chi connectivity index (χ0n) is 34.7. The van der Waals surface area contributed by atoms with Crippen LogP contribution in [0.3, 0.4) is 0 Å². The van der Waals surface area contributed by atoms with Gasteiger partial charge < -0.3 is 48.7 Å². The molecule has 0 bridgehead atoms. The van der Waals surface area contributed by atoms with Crippen LogP contribution in [0.5, 0.6) is 0 Å². The Hall–Kier alpha value is -4.35. The normalized spacial score (nSPS) is 13.3. The third kappa shape index (κ3) is 21.3. The molecule has 0 atom stereocenters.